The van der Waals surface area contributed by atoms with Crippen LogP contribution >= 0.6 is 0 Å². The minimum absolute atomic E-state index is 0.0359. The van der Waals surface area contributed by atoms with E-state index >= 15 is 0 Å². The number of carbonyl (C=O) groups is 1. The molecule has 1 aromatic carbocycles. The molecule has 0 aromatic heterocycles. The highest BCUT2D eigenvalue weighted by Crippen LogP contribution is 2.26. The lowest BCUT2D eigenvalue weighted by Crippen LogP contribution is -2.56. The molecule has 0 bridgehead atoms. The summed E-state index contributed by atoms with van der Waals surface area (Å²) in [4.78, 5) is 13.5. The predicted octanol–water partition coefficient (Wildman–Crippen LogP) is 0.603. The average Bonchev–Trinajstić information content (AvgIpc) is 2.35. The van der Waals surface area contributed by atoms with Crippen molar-refractivity contribution in [1.29, 1.82) is 0 Å². The van der Waals surface area contributed by atoms with Crippen LogP contribution in [0.4, 0.5) is 0 Å². The van der Waals surface area contributed by atoms with Crippen molar-refractivity contribution in [1.82, 2.24) is 4.90 Å². The molecule has 1 unspecified atom stereocenters. The topological polar surface area (TPSA) is 75.8 Å². The zero-order valence-corrected chi connectivity index (χ0v) is 12.0. The van der Waals surface area contributed by atoms with Gasteiger partial charge in [0.1, 0.15) is 11.9 Å². The van der Waals surface area contributed by atoms with E-state index < -0.39 is 6.10 Å². The van der Waals surface area contributed by atoms with Gasteiger partial charge in [-0.2, -0.15) is 0 Å². The summed E-state index contributed by atoms with van der Waals surface area (Å²) in [6.45, 7) is 5.29. The third-order valence-electron chi connectivity index (χ3n) is 3.58. The second-order valence-corrected chi connectivity index (χ2v) is 5.35. The molecule has 5 heteroatoms. The van der Waals surface area contributed by atoms with E-state index in [1.54, 1.807) is 4.90 Å². The number of para-hydroxylation sites is 1. The number of benzene rings is 1. The molecule has 1 saturated heterocycles. The molecule has 1 heterocycles. The minimum atomic E-state index is -0.749. The highest BCUT2D eigenvalue weighted by Gasteiger charge is 2.33. The van der Waals surface area contributed by atoms with E-state index in [-0.39, 0.29) is 25.0 Å². The molecule has 1 atom stereocenters. The highest BCUT2D eigenvalue weighted by molar-refractivity contribution is 5.77. The summed E-state index contributed by atoms with van der Waals surface area (Å²) in [5.41, 5.74) is 7.51. The number of aliphatic hydroxyl groups is 1. The van der Waals surface area contributed by atoms with Crippen LogP contribution in [0.15, 0.2) is 18.2 Å². The molecular weight excluding hydrogens is 256 g/mol. The lowest BCUT2D eigenvalue weighted by molar-refractivity contribution is -0.141. The number of ether oxygens (including phenoxy) is 1. The van der Waals surface area contributed by atoms with Gasteiger partial charge < -0.3 is 20.5 Å². The van der Waals surface area contributed by atoms with Crippen molar-refractivity contribution in [3.05, 3.63) is 29.3 Å². The molecule has 0 radical (unpaired) electrons. The fraction of sp³-hybridized carbons (Fsp3) is 0.533. The van der Waals surface area contributed by atoms with E-state index in [4.69, 9.17) is 10.5 Å². The lowest BCUT2D eigenvalue weighted by Gasteiger charge is -2.39. The van der Waals surface area contributed by atoms with Crippen molar-refractivity contribution in [2.75, 3.05) is 19.6 Å². The number of hydrogen-bond acceptors (Lipinski definition) is 4. The fourth-order valence-electron chi connectivity index (χ4n) is 2.28. The van der Waals surface area contributed by atoms with Gasteiger partial charge in [0.25, 0.3) is 0 Å². The van der Waals surface area contributed by atoms with E-state index in [9.17, 15) is 9.90 Å². The Bertz CT molecular complexity index is 464. The van der Waals surface area contributed by atoms with Crippen LogP contribution in [0.2, 0.25) is 0 Å². The first-order valence-corrected chi connectivity index (χ1v) is 6.90. The summed E-state index contributed by atoms with van der Waals surface area (Å²) in [6, 6.07) is 6.03. The first-order valence-electron chi connectivity index (χ1n) is 6.90. The summed E-state index contributed by atoms with van der Waals surface area (Å²) in [5, 5.41) is 9.37. The summed E-state index contributed by atoms with van der Waals surface area (Å²) < 4.78 is 5.94. The second-order valence-electron chi connectivity index (χ2n) is 5.35. The van der Waals surface area contributed by atoms with E-state index in [0.29, 0.717) is 13.1 Å². The van der Waals surface area contributed by atoms with Crippen molar-refractivity contribution in [2.45, 2.75) is 32.5 Å². The predicted molar refractivity (Wildman–Crippen MR) is 76.6 cm³/mol. The summed E-state index contributed by atoms with van der Waals surface area (Å²) >= 11 is 0. The Labute approximate surface area is 119 Å². The standard InChI is InChI=1S/C15H22N2O3/c1-10-4-3-5-11(2)15(10)20-13-8-17(9-13)14(19)6-12(18)7-16/h3-5,12-13,18H,6-9,16H2,1-2H3. The molecule has 0 spiro atoms. The van der Waals surface area contributed by atoms with Gasteiger partial charge in [-0.15, -0.1) is 0 Å². The van der Waals surface area contributed by atoms with Crippen LogP contribution in [0.25, 0.3) is 0 Å². The molecule has 1 amide bonds. The molecule has 1 fully saturated rings. The number of aliphatic hydroxyl groups excluding tert-OH is 1. The van der Waals surface area contributed by atoms with Crippen LogP contribution in [-0.4, -0.2) is 47.8 Å². The van der Waals surface area contributed by atoms with Gasteiger partial charge in [0, 0.05) is 6.54 Å². The van der Waals surface area contributed by atoms with Crippen LogP contribution in [0, 0.1) is 13.8 Å². The molecular formula is C15H22N2O3. The molecule has 1 aromatic rings. The number of nitrogens with two attached hydrogens (primary N) is 1. The number of aryl methyl sites for hydroxylation is 2. The van der Waals surface area contributed by atoms with Crippen LogP contribution in [0.3, 0.4) is 0 Å². The molecule has 20 heavy (non-hydrogen) atoms. The second kappa shape index (κ2) is 6.24. The number of carbonyl (C=O) groups excluding carboxylic acids is 1. The Kier molecular flexibility index (Phi) is 4.62. The maximum Gasteiger partial charge on any atom is 0.225 e. The molecule has 1 aliphatic rings. The van der Waals surface area contributed by atoms with Crippen LogP contribution < -0.4 is 10.5 Å². The normalized spacial score (nSPS) is 16.7. The minimum Gasteiger partial charge on any atom is -0.486 e. The van der Waals surface area contributed by atoms with Crippen molar-refractivity contribution < 1.29 is 14.6 Å². The van der Waals surface area contributed by atoms with Crippen LogP contribution in [0.5, 0.6) is 5.75 Å². The highest BCUT2D eigenvalue weighted by atomic mass is 16.5. The first-order chi connectivity index (χ1) is 9.51. The molecule has 0 aliphatic carbocycles. The SMILES string of the molecule is Cc1cccc(C)c1OC1CN(C(=O)CC(O)CN)C1. The maximum atomic E-state index is 11.8. The molecule has 1 aliphatic heterocycles. The average molecular weight is 278 g/mol. The first kappa shape index (κ1) is 14.8. The third-order valence-corrected chi connectivity index (χ3v) is 3.58. The van der Waals surface area contributed by atoms with Gasteiger partial charge in [0.05, 0.1) is 25.6 Å². The van der Waals surface area contributed by atoms with E-state index in [2.05, 4.69) is 0 Å². The number of amides is 1. The zero-order chi connectivity index (χ0) is 14.7. The van der Waals surface area contributed by atoms with E-state index in [1.165, 1.54) is 0 Å². The maximum absolute atomic E-state index is 11.8. The third kappa shape index (κ3) is 3.29. The Morgan fingerprint density at radius 3 is 2.60 bits per heavy atom. The molecule has 2 rings (SSSR count). The largest absolute Gasteiger partial charge is 0.486 e. The number of likely N-dealkylation sites (tertiary alicyclic amines) is 1. The number of hydrogen-bond donors (Lipinski definition) is 2. The van der Waals surface area contributed by atoms with Gasteiger partial charge in [0.2, 0.25) is 5.91 Å². The van der Waals surface area contributed by atoms with Gasteiger partial charge in [0.15, 0.2) is 0 Å². The van der Waals surface area contributed by atoms with Gasteiger partial charge in [-0.1, -0.05) is 18.2 Å². The van der Waals surface area contributed by atoms with Crippen molar-refractivity contribution in [3.8, 4) is 5.75 Å². The smallest absolute Gasteiger partial charge is 0.225 e. The molecule has 0 saturated carbocycles. The molecule has 5 nitrogen and oxygen atoms in total. The number of rotatable bonds is 5. The Balaban J connectivity index is 1.84. The van der Waals surface area contributed by atoms with Crippen molar-refractivity contribution >= 4 is 5.91 Å². The van der Waals surface area contributed by atoms with E-state index in [1.807, 2.05) is 32.0 Å². The summed E-state index contributed by atoms with van der Waals surface area (Å²) in [7, 11) is 0. The lowest BCUT2D eigenvalue weighted by atomic mass is 10.1. The quantitative estimate of drug-likeness (QED) is 0.827. The number of nitrogens with zero attached hydrogens (tertiary/aromatic N) is 1. The van der Waals surface area contributed by atoms with Crippen LogP contribution in [0.1, 0.15) is 17.5 Å². The summed E-state index contributed by atoms with van der Waals surface area (Å²) in [6.07, 6.45) is -0.623. The van der Waals surface area contributed by atoms with Gasteiger partial charge in [-0.3, -0.25) is 4.79 Å². The Morgan fingerprint density at radius 2 is 2.05 bits per heavy atom. The van der Waals surface area contributed by atoms with Crippen molar-refractivity contribution in [2.24, 2.45) is 5.73 Å². The van der Waals surface area contributed by atoms with Gasteiger partial charge in [-0.25, -0.2) is 0 Å². The van der Waals surface area contributed by atoms with E-state index in [0.717, 1.165) is 16.9 Å². The van der Waals surface area contributed by atoms with Gasteiger partial charge >= 0.3 is 0 Å². The zero-order valence-electron chi connectivity index (χ0n) is 12.0. The Hall–Kier alpha value is -1.59. The monoisotopic (exact) mass is 278 g/mol. The van der Waals surface area contributed by atoms with Gasteiger partial charge in [-0.05, 0) is 25.0 Å². The Morgan fingerprint density at radius 1 is 1.45 bits per heavy atom. The fourth-order valence-corrected chi connectivity index (χ4v) is 2.28. The molecule has 3 N–H and O–H groups in total. The van der Waals surface area contributed by atoms with Crippen LogP contribution in [-0.2, 0) is 4.79 Å². The molecule has 110 valence electrons. The van der Waals surface area contributed by atoms with Crippen molar-refractivity contribution in [3.63, 3.8) is 0 Å². The summed E-state index contributed by atoms with van der Waals surface area (Å²) in [5.74, 6) is 0.843.